The lowest BCUT2D eigenvalue weighted by Crippen LogP contribution is -2.38. The third-order valence-corrected chi connectivity index (χ3v) is 3.99. The van der Waals surface area contributed by atoms with Crippen LogP contribution >= 0.6 is 0 Å². The highest BCUT2D eigenvalue weighted by atomic mass is 19.4. The van der Waals surface area contributed by atoms with Crippen LogP contribution in [0.2, 0.25) is 0 Å². The predicted octanol–water partition coefficient (Wildman–Crippen LogP) is 2.04. The maximum atomic E-state index is 12.5. The van der Waals surface area contributed by atoms with E-state index in [1.807, 2.05) is 13.0 Å². The Morgan fingerprint density at radius 2 is 2.04 bits per heavy atom. The number of halogens is 3. The van der Waals surface area contributed by atoms with Crippen LogP contribution in [0, 0.1) is 6.92 Å². The molecule has 0 radical (unpaired) electrons. The fourth-order valence-corrected chi connectivity index (χ4v) is 2.89. The molecule has 0 spiro atoms. The molecule has 0 unspecified atom stereocenters. The molecule has 8 heteroatoms. The zero-order chi connectivity index (χ0) is 16.8. The average Bonchev–Trinajstić information content (AvgIpc) is 2.80. The molecule has 1 aromatic heterocycles. The molecule has 23 heavy (non-hydrogen) atoms. The summed E-state index contributed by atoms with van der Waals surface area (Å²) < 4.78 is 38.5. The van der Waals surface area contributed by atoms with Crippen LogP contribution in [0.25, 0.3) is 10.9 Å². The van der Waals surface area contributed by atoms with Crippen molar-refractivity contribution in [2.75, 3.05) is 13.1 Å². The van der Waals surface area contributed by atoms with Gasteiger partial charge in [0.15, 0.2) is 0 Å². The Bertz CT molecular complexity index is 829. The van der Waals surface area contributed by atoms with Gasteiger partial charge in [0.1, 0.15) is 12.6 Å². The maximum Gasteiger partial charge on any atom is 0.406 e. The van der Waals surface area contributed by atoms with Crippen molar-refractivity contribution in [3.63, 3.8) is 0 Å². The van der Waals surface area contributed by atoms with E-state index in [0.717, 1.165) is 15.0 Å². The average molecular weight is 325 g/mol. The Morgan fingerprint density at radius 3 is 2.74 bits per heavy atom. The first-order valence-electron chi connectivity index (χ1n) is 7.10. The van der Waals surface area contributed by atoms with Crippen LogP contribution in [0.1, 0.15) is 18.0 Å². The first kappa shape index (κ1) is 15.5. The number of aromatic nitrogens is 2. The molecule has 3 rings (SSSR count). The Morgan fingerprint density at radius 1 is 1.30 bits per heavy atom. The summed E-state index contributed by atoms with van der Waals surface area (Å²) in [4.78, 5) is 29.6. The number of hydrogen-bond acceptors (Lipinski definition) is 3. The van der Waals surface area contributed by atoms with Gasteiger partial charge in [0.25, 0.3) is 5.56 Å². The first-order chi connectivity index (χ1) is 10.8. The van der Waals surface area contributed by atoms with Crippen molar-refractivity contribution in [2.24, 2.45) is 0 Å². The van der Waals surface area contributed by atoms with Crippen LogP contribution in [0.15, 0.2) is 29.3 Å². The van der Waals surface area contributed by atoms with E-state index in [2.05, 4.69) is 4.98 Å². The molecule has 0 saturated carbocycles. The zero-order valence-electron chi connectivity index (χ0n) is 12.3. The highest BCUT2D eigenvalue weighted by molar-refractivity contribution is 5.84. The molecule has 2 heterocycles. The smallest absolute Gasteiger partial charge is 0.332 e. The van der Waals surface area contributed by atoms with Gasteiger partial charge < -0.3 is 4.90 Å². The Balaban J connectivity index is 1.97. The van der Waals surface area contributed by atoms with Crippen molar-refractivity contribution in [1.82, 2.24) is 14.5 Å². The number of nitrogens with zero attached hydrogens (tertiary/aromatic N) is 3. The fraction of sp³-hybridized carbons (Fsp3) is 0.400. The third-order valence-electron chi connectivity index (χ3n) is 3.99. The van der Waals surface area contributed by atoms with Crippen LogP contribution in [0.4, 0.5) is 13.2 Å². The van der Waals surface area contributed by atoms with Crippen LogP contribution < -0.4 is 5.56 Å². The van der Waals surface area contributed by atoms with Crippen molar-refractivity contribution >= 4 is 16.8 Å². The SMILES string of the molecule is Cc1cccc2c(=O)n([C@@H]3CCN(CC(F)(F)F)C3=O)cnc12. The molecule has 1 saturated heterocycles. The number of rotatable bonds is 2. The van der Waals surface area contributed by atoms with Crippen LogP contribution in [-0.2, 0) is 4.79 Å². The van der Waals surface area contributed by atoms with Crippen molar-refractivity contribution in [3.05, 3.63) is 40.4 Å². The molecule has 1 aromatic carbocycles. The number of para-hydroxylation sites is 1. The molecule has 1 atom stereocenters. The summed E-state index contributed by atoms with van der Waals surface area (Å²) in [6, 6.07) is 4.19. The second-order valence-corrected chi connectivity index (χ2v) is 5.61. The number of carbonyl (C=O) groups excluding carboxylic acids is 1. The van der Waals surface area contributed by atoms with Gasteiger partial charge in [0.2, 0.25) is 5.91 Å². The summed E-state index contributed by atoms with van der Waals surface area (Å²) in [5, 5.41) is 0.356. The number of amides is 1. The minimum atomic E-state index is -4.45. The summed E-state index contributed by atoms with van der Waals surface area (Å²) in [6.45, 7) is 0.489. The van der Waals surface area contributed by atoms with E-state index < -0.39 is 30.2 Å². The van der Waals surface area contributed by atoms with Crippen LogP contribution in [0.5, 0.6) is 0 Å². The quantitative estimate of drug-likeness (QED) is 0.849. The van der Waals surface area contributed by atoms with Crippen LogP contribution in [-0.4, -0.2) is 39.6 Å². The molecule has 1 aliphatic rings. The number of likely N-dealkylation sites (tertiary alicyclic amines) is 1. The Hall–Kier alpha value is -2.38. The minimum Gasteiger partial charge on any atom is -0.332 e. The van der Waals surface area contributed by atoms with Gasteiger partial charge in [-0.05, 0) is 25.0 Å². The Kier molecular flexibility index (Phi) is 3.62. The molecule has 0 aliphatic carbocycles. The van der Waals surface area contributed by atoms with E-state index in [1.165, 1.54) is 6.33 Å². The number of benzene rings is 1. The highest BCUT2D eigenvalue weighted by Gasteiger charge is 2.40. The van der Waals surface area contributed by atoms with Gasteiger partial charge in [-0.15, -0.1) is 0 Å². The van der Waals surface area contributed by atoms with E-state index in [-0.39, 0.29) is 13.0 Å². The lowest BCUT2D eigenvalue weighted by atomic mass is 10.1. The van der Waals surface area contributed by atoms with Gasteiger partial charge in [-0.3, -0.25) is 14.2 Å². The number of aryl methyl sites for hydroxylation is 1. The standard InChI is InChI=1S/C15H14F3N3O2/c1-9-3-2-4-10-12(9)19-8-21(13(10)22)11-5-6-20(14(11)23)7-15(16,17)18/h2-4,8,11H,5-7H2,1H3/t11-/m1/s1. The molecule has 0 bridgehead atoms. The van der Waals surface area contributed by atoms with Gasteiger partial charge in [-0.2, -0.15) is 13.2 Å². The van der Waals surface area contributed by atoms with Crippen molar-refractivity contribution in [2.45, 2.75) is 25.6 Å². The first-order valence-corrected chi connectivity index (χ1v) is 7.10. The highest BCUT2D eigenvalue weighted by Crippen LogP contribution is 2.26. The topological polar surface area (TPSA) is 55.2 Å². The summed E-state index contributed by atoms with van der Waals surface area (Å²) in [7, 11) is 0. The van der Waals surface area contributed by atoms with Crippen molar-refractivity contribution in [3.8, 4) is 0 Å². The maximum absolute atomic E-state index is 12.5. The molecule has 5 nitrogen and oxygen atoms in total. The van der Waals surface area contributed by atoms with E-state index >= 15 is 0 Å². The van der Waals surface area contributed by atoms with Crippen molar-refractivity contribution in [1.29, 1.82) is 0 Å². The van der Waals surface area contributed by atoms with Crippen molar-refractivity contribution < 1.29 is 18.0 Å². The van der Waals surface area contributed by atoms with E-state index in [1.54, 1.807) is 12.1 Å². The van der Waals surface area contributed by atoms with Crippen LogP contribution in [0.3, 0.4) is 0 Å². The number of hydrogen-bond donors (Lipinski definition) is 0. The Labute approximate surface area is 129 Å². The number of carbonyl (C=O) groups is 1. The lowest BCUT2D eigenvalue weighted by molar-refractivity contribution is -0.158. The molecule has 1 aliphatic heterocycles. The molecule has 2 aromatic rings. The molecule has 1 amide bonds. The van der Waals surface area contributed by atoms with E-state index in [9.17, 15) is 22.8 Å². The van der Waals surface area contributed by atoms with Gasteiger partial charge >= 0.3 is 6.18 Å². The molecule has 1 fully saturated rings. The van der Waals surface area contributed by atoms with Gasteiger partial charge in [-0.1, -0.05) is 12.1 Å². The normalized spacial score (nSPS) is 18.9. The summed E-state index contributed by atoms with van der Waals surface area (Å²) in [5.74, 6) is -0.696. The minimum absolute atomic E-state index is 0.0265. The largest absolute Gasteiger partial charge is 0.406 e. The molecular weight excluding hydrogens is 311 g/mol. The monoisotopic (exact) mass is 325 g/mol. The molecule has 0 N–H and O–H groups in total. The van der Waals surface area contributed by atoms with E-state index in [0.29, 0.717) is 10.9 Å². The summed E-state index contributed by atoms with van der Waals surface area (Å²) in [5.41, 5.74) is 0.945. The van der Waals surface area contributed by atoms with Gasteiger partial charge in [0.05, 0.1) is 17.2 Å². The second kappa shape index (κ2) is 5.36. The van der Waals surface area contributed by atoms with E-state index in [4.69, 9.17) is 0 Å². The van der Waals surface area contributed by atoms with Gasteiger partial charge in [0, 0.05) is 6.54 Å². The zero-order valence-corrected chi connectivity index (χ0v) is 12.3. The second-order valence-electron chi connectivity index (χ2n) is 5.61. The number of alkyl halides is 3. The predicted molar refractivity (Wildman–Crippen MR) is 77.0 cm³/mol. The lowest BCUT2D eigenvalue weighted by Gasteiger charge is -2.19. The summed E-state index contributed by atoms with van der Waals surface area (Å²) >= 11 is 0. The number of fused-ring (bicyclic) bond motifs is 1. The third kappa shape index (κ3) is 2.80. The molecular formula is C15H14F3N3O2. The van der Waals surface area contributed by atoms with Gasteiger partial charge in [-0.25, -0.2) is 4.98 Å². The fourth-order valence-electron chi connectivity index (χ4n) is 2.89. The molecule has 122 valence electrons. The summed E-state index contributed by atoms with van der Waals surface area (Å²) in [6.07, 6.45) is -3.04.